The Morgan fingerprint density at radius 3 is 2.08 bits per heavy atom. The van der Waals surface area contributed by atoms with Gasteiger partial charge in [0, 0.05) is 30.0 Å². The van der Waals surface area contributed by atoms with E-state index in [1.165, 1.54) is 4.90 Å². The Kier molecular flexibility index (Phi) is 12.1. The molecule has 0 radical (unpaired) electrons. The third kappa shape index (κ3) is 9.30. The van der Waals surface area contributed by atoms with Gasteiger partial charge in [0.2, 0.25) is 21.8 Å². The monoisotopic (exact) mass is 833 g/mol. The standard InChI is InChI=1S/C45H51N7O7S/c53-41-38-27-35(52-48-39(32-19-9-5-10-20-32)40(49-52)33-21-11-6-12-22-33)29-51(38)42(54)37(46-44(56)59-36-24-15-16-25-36)26-14-3-1-2-13-23-34-28-45(34,47-41)43(55)50-60(57,58)30-31-17-7-4-8-18-31/h4-13,17-23,34-38H,1-3,14-16,24-30H2,(H,46,56)(H,47,53)(H,50,55)/t34?,35-,37+,38+,45-/m1/s1. The first kappa shape index (κ1) is 40.9. The summed E-state index contributed by atoms with van der Waals surface area (Å²) in [5, 5.41) is 15.7. The molecule has 3 N–H and O–H groups in total. The van der Waals surface area contributed by atoms with Crippen LogP contribution in [-0.2, 0) is 34.9 Å². The van der Waals surface area contributed by atoms with Gasteiger partial charge in [0.05, 0.1) is 11.8 Å². The van der Waals surface area contributed by atoms with Crippen LogP contribution in [0.25, 0.3) is 22.5 Å². The Morgan fingerprint density at radius 2 is 1.43 bits per heavy atom. The van der Waals surface area contributed by atoms with Crippen molar-refractivity contribution in [2.75, 3.05) is 6.54 Å². The summed E-state index contributed by atoms with van der Waals surface area (Å²) in [6.07, 6.45) is 9.94. The van der Waals surface area contributed by atoms with Crippen molar-refractivity contribution < 1.29 is 32.3 Å². The lowest BCUT2D eigenvalue weighted by Gasteiger charge is -2.30. The fraction of sp³-hybridized carbons (Fsp3) is 0.422. The molecule has 4 aliphatic rings. The number of carbonyl (C=O) groups is 4. The van der Waals surface area contributed by atoms with Gasteiger partial charge in [0.25, 0.3) is 5.91 Å². The highest BCUT2D eigenvalue weighted by Gasteiger charge is 2.61. The number of carbonyl (C=O) groups excluding carboxylic acids is 4. The van der Waals surface area contributed by atoms with E-state index >= 15 is 0 Å². The summed E-state index contributed by atoms with van der Waals surface area (Å²) in [7, 11) is -4.14. The first-order chi connectivity index (χ1) is 29.1. The number of benzene rings is 3. The molecular weight excluding hydrogens is 783 g/mol. The molecule has 4 amide bonds. The van der Waals surface area contributed by atoms with E-state index in [1.54, 1.807) is 35.1 Å². The number of hydrogen-bond donors (Lipinski definition) is 3. The normalized spacial score (nSPS) is 25.0. The molecular formula is C45H51N7O7S. The molecule has 14 nitrogen and oxygen atoms in total. The summed E-state index contributed by atoms with van der Waals surface area (Å²) < 4.78 is 34.6. The minimum Gasteiger partial charge on any atom is -0.446 e. The van der Waals surface area contributed by atoms with E-state index in [-0.39, 0.29) is 25.5 Å². The molecule has 2 aliphatic heterocycles. The first-order valence-corrected chi connectivity index (χ1v) is 22.7. The van der Waals surface area contributed by atoms with E-state index in [4.69, 9.17) is 14.9 Å². The third-order valence-corrected chi connectivity index (χ3v) is 13.2. The minimum absolute atomic E-state index is 0.0396. The van der Waals surface area contributed by atoms with Gasteiger partial charge in [-0.15, -0.1) is 0 Å². The molecule has 314 valence electrons. The first-order valence-electron chi connectivity index (χ1n) is 21.0. The number of nitrogens with one attached hydrogen (secondary N) is 3. The number of ether oxygens (including phenoxy) is 1. The van der Waals surface area contributed by atoms with E-state index in [0.717, 1.165) is 49.7 Å². The SMILES string of the molecule is O=C(N[C@H]1CCCCCC=CC2C[C@@]2(C(=O)NS(=O)(=O)Cc2ccccc2)NC(=O)[C@@H]2C[C@@H](n3nc(-c4ccccc4)c(-c4ccccc4)n3)CN2C1=O)OC1CCCC1. The predicted octanol–water partition coefficient (Wildman–Crippen LogP) is 5.83. The quantitative estimate of drug-likeness (QED) is 0.175. The van der Waals surface area contributed by atoms with Gasteiger partial charge in [-0.2, -0.15) is 15.0 Å². The van der Waals surface area contributed by atoms with Gasteiger partial charge < -0.3 is 20.3 Å². The topological polar surface area (TPSA) is 182 Å². The van der Waals surface area contributed by atoms with Crippen LogP contribution in [0.3, 0.4) is 0 Å². The maximum atomic E-state index is 14.8. The summed E-state index contributed by atoms with van der Waals surface area (Å²) in [6, 6.07) is 25.2. The molecule has 0 spiro atoms. The van der Waals surface area contributed by atoms with Crippen molar-refractivity contribution in [1.29, 1.82) is 0 Å². The van der Waals surface area contributed by atoms with Gasteiger partial charge in [0.15, 0.2) is 0 Å². The number of hydrogen-bond acceptors (Lipinski definition) is 9. The van der Waals surface area contributed by atoms with Crippen LogP contribution in [0.4, 0.5) is 4.79 Å². The molecule has 2 aliphatic carbocycles. The van der Waals surface area contributed by atoms with Crippen molar-refractivity contribution >= 4 is 33.8 Å². The molecule has 1 saturated heterocycles. The van der Waals surface area contributed by atoms with Crippen LogP contribution in [-0.4, -0.2) is 82.4 Å². The van der Waals surface area contributed by atoms with Crippen molar-refractivity contribution in [3.05, 3.63) is 109 Å². The minimum atomic E-state index is -4.14. The highest BCUT2D eigenvalue weighted by Crippen LogP contribution is 2.46. The zero-order valence-electron chi connectivity index (χ0n) is 33.4. The second-order valence-electron chi connectivity index (χ2n) is 16.4. The van der Waals surface area contributed by atoms with E-state index in [0.29, 0.717) is 36.2 Å². The Morgan fingerprint density at radius 1 is 0.817 bits per heavy atom. The van der Waals surface area contributed by atoms with Crippen LogP contribution in [0, 0.1) is 5.92 Å². The second kappa shape index (κ2) is 17.8. The van der Waals surface area contributed by atoms with Crippen LogP contribution >= 0.6 is 0 Å². The largest absolute Gasteiger partial charge is 0.446 e. The average molecular weight is 834 g/mol. The second-order valence-corrected chi connectivity index (χ2v) is 18.1. The van der Waals surface area contributed by atoms with Crippen LogP contribution in [0.15, 0.2) is 103 Å². The molecule has 4 aromatic rings. The highest BCUT2D eigenvalue weighted by molar-refractivity contribution is 7.89. The fourth-order valence-electron chi connectivity index (χ4n) is 8.73. The van der Waals surface area contributed by atoms with Gasteiger partial charge in [0.1, 0.15) is 35.1 Å². The Bertz CT molecular complexity index is 2260. The number of allylic oxidation sites excluding steroid dienone is 1. The van der Waals surface area contributed by atoms with Crippen molar-refractivity contribution in [3.63, 3.8) is 0 Å². The Balaban J connectivity index is 1.12. The molecule has 1 aromatic heterocycles. The van der Waals surface area contributed by atoms with Crippen LogP contribution in [0.1, 0.15) is 82.2 Å². The van der Waals surface area contributed by atoms with Gasteiger partial charge in [-0.05, 0) is 56.9 Å². The van der Waals surface area contributed by atoms with Gasteiger partial charge >= 0.3 is 6.09 Å². The van der Waals surface area contributed by atoms with Gasteiger partial charge in [-0.25, -0.2) is 13.2 Å². The lowest BCUT2D eigenvalue weighted by Crippen LogP contribution is -2.58. The Labute approximate surface area is 350 Å². The molecule has 3 heterocycles. The average Bonchev–Trinajstić information content (AvgIpc) is 3.68. The summed E-state index contributed by atoms with van der Waals surface area (Å²) in [6.45, 7) is 0.0396. The lowest BCUT2D eigenvalue weighted by atomic mass is 10.0. The Hall–Kier alpha value is -5.83. The number of nitrogens with zero attached hydrogens (tertiary/aromatic N) is 4. The summed E-state index contributed by atoms with van der Waals surface area (Å²) in [5.41, 5.74) is 1.91. The molecule has 3 aromatic carbocycles. The number of sulfonamides is 1. The number of alkyl carbamates (subject to hydrolysis) is 1. The molecule has 0 bridgehead atoms. The smallest absolute Gasteiger partial charge is 0.408 e. The molecule has 60 heavy (non-hydrogen) atoms. The number of aromatic nitrogens is 3. The van der Waals surface area contributed by atoms with Crippen LogP contribution < -0.4 is 15.4 Å². The lowest BCUT2D eigenvalue weighted by molar-refractivity contribution is -0.141. The van der Waals surface area contributed by atoms with Crippen molar-refractivity contribution in [2.45, 2.75) is 106 Å². The van der Waals surface area contributed by atoms with Crippen LogP contribution in [0.2, 0.25) is 0 Å². The van der Waals surface area contributed by atoms with Crippen molar-refractivity contribution in [2.24, 2.45) is 5.92 Å². The van der Waals surface area contributed by atoms with Crippen molar-refractivity contribution in [3.8, 4) is 22.5 Å². The molecule has 5 atom stereocenters. The van der Waals surface area contributed by atoms with E-state index < -0.39 is 69.2 Å². The van der Waals surface area contributed by atoms with Gasteiger partial charge in [-0.3, -0.25) is 19.1 Å². The van der Waals surface area contributed by atoms with E-state index in [1.807, 2.05) is 72.8 Å². The highest BCUT2D eigenvalue weighted by atomic mass is 32.2. The van der Waals surface area contributed by atoms with Crippen molar-refractivity contribution in [1.82, 2.24) is 35.2 Å². The molecule has 1 unspecified atom stereocenters. The predicted molar refractivity (Wildman–Crippen MR) is 224 cm³/mol. The zero-order chi connectivity index (χ0) is 41.7. The summed E-state index contributed by atoms with van der Waals surface area (Å²) in [5.74, 6) is -2.78. The van der Waals surface area contributed by atoms with Gasteiger partial charge in [-0.1, -0.05) is 116 Å². The zero-order valence-corrected chi connectivity index (χ0v) is 34.3. The number of fused-ring (bicyclic) bond motifs is 2. The number of amides is 4. The molecule has 2 saturated carbocycles. The molecule has 8 rings (SSSR count). The van der Waals surface area contributed by atoms with E-state index in [9.17, 15) is 27.6 Å². The maximum absolute atomic E-state index is 14.8. The molecule has 3 fully saturated rings. The molecule has 15 heteroatoms. The maximum Gasteiger partial charge on any atom is 0.408 e. The van der Waals surface area contributed by atoms with Crippen LogP contribution in [0.5, 0.6) is 0 Å². The number of rotatable bonds is 9. The summed E-state index contributed by atoms with van der Waals surface area (Å²) in [4.78, 5) is 59.9. The van der Waals surface area contributed by atoms with E-state index in [2.05, 4.69) is 15.4 Å². The fourth-order valence-corrected chi connectivity index (χ4v) is 9.89. The third-order valence-electron chi connectivity index (χ3n) is 12.0. The summed E-state index contributed by atoms with van der Waals surface area (Å²) >= 11 is 0.